The Bertz CT molecular complexity index is 727. The number of hydrogen-bond donors (Lipinski definition) is 2. The third-order valence-corrected chi connectivity index (χ3v) is 4.68. The average Bonchev–Trinajstić information content (AvgIpc) is 2.66. The first-order valence-corrected chi connectivity index (χ1v) is 8.83. The fourth-order valence-corrected chi connectivity index (χ4v) is 2.89. The molecule has 3 N–H and O–H groups in total. The molecule has 0 saturated carbocycles. The van der Waals surface area contributed by atoms with Crippen LogP contribution in [0.4, 0.5) is 0 Å². The van der Waals surface area contributed by atoms with Gasteiger partial charge in [-0.15, -0.1) is 0 Å². The Morgan fingerprint density at radius 1 is 1.15 bits per heavy atom. The predicted molar refractivity (Wildman–Crippen MR) is 105 cm³/mol. The second-order valence-corrected chi connectivity index (χ2v) is 6.59. The molecular formula is C21H27N3O2. The van der Waals surface area contributed by atoms with E-state index < -0.39 is 0 Å². The highest BCUT2D eigenvalue weighted by Crippen LogP contribution is 2.18. The molecule has 1 aromatic rings. The molecular weight excluding hydrogens is 326 g/mol. The van der Waals surface area contributed by atoms with Gasteiger partial charge in [0.15, 0.2) is 0 Å². The van der Waals surface area contributed by atoms with E-state index in [-0.39, 0.29) is 17.7 Å². The standard InChI is InChI=1S/C21H27N3O2/c1-15(18-7-5-4-6-8-18)9-10-20(22)16(2)23-21(26)19-11-13-24(14-12-19)17(3)25/h4-10,19H,2,11-14,22H2,1,3H3,(H,23,26)/b15-9+,20-10+. The summed E-state index contributed by atoms with van der Waals surface area (Å²) in [6.07, 6.45) is 4.99. The van der Waals surface area contributed by atoms with Crippen molar-refractivity contribution in [1.29, 1.82) is 0 Å². The zero-order valence-corrected chi connectivity index (χ0v) is 15.5. The highest BCUT2D eigenvalue weighted by atomic mass is 16.2. The highest BCUT2D eigenvalue weighted by molar-refractivity contribution is 5.81. The molecule has 5 heteroatoms. The molecule has 1 aromatic carbocycles. The molecule has 1 aliphatic rings. The molecule has 0 unspecified atom stereocenters. The number of nitrogens with zero attached hydrogens (tertiary/aromatic N) is 1. The summed E-state index contributed by atoms with van der Waals surface area (Å²) >= 11 is 0. The van der Waals surface area contributed by atoms with Gasteiger partial charge < -0.3 is 16.0 Å². The molecule has 0 atom stereocenters. The van der Waals surface area contributed by atoms with Crippen LogP contribution in [-0.2, 0) is 9.59 Å². The number of hydrogen-bond acceptors (Lipinski definition) is 3. The van der Waals surface area contributed by atoms with Crippen molar-refractivity contribution in [2.75, 3.05) is 13.1 Å². The molecule has 2 rings (SSSR count). The number of rotatable bonds is 5. The molecule has 1 aliphatic heterocycles. The van der Waals surface area contributed by atoms with Crippen LogP contribution in [0.1, 0.15) is 32.3 Å². The lowest BCUT2D eigenvalue weighted by atomic mass is 9.95. The number of benzene rings is 1. The minimum absolute atomic E-state index is 0.0565. The summed E-state index contributed by atoms with van der Waals surface area (Å²) in [6.45, 7) is 8.65. The number of allylic oxidation sites excluding steroid dienone is 3. The van der Waals surface area contributed by atoms with Crippen LogP contribution < -0.4 is 11.1 Å². The third-order valence-electron chi connectivity index (χ3n) is 4.68. The van der Waals surface area contributed by atoms with Gasteiger partial charge >= 0.3 is 0 Å². The van der Waals surface area contributed by atoms with E-state index in [0.717, 1.165) is 11.1 Å². The molecule has 0 radical (unpaired) electrons. The molecule has 5 nitrogen and oxygen atoms in total. The Hall–Kier alpha value is -2.82. The van der Waals surface area contributed by atoms with Crippen LogP contribution in [0, 0.1) is 5.92 Å². The first-order chi connectivity index (χ1) is 12.4. The zero-order valence-electron chi connectivity index (χ0n) is 15.5. The zero-order chi connectivity index (χ0) is 19.1. The topological polar surface area (TPSA) is 75.4 Å². The van der Waals surface area contributed by atoms with Crippen molar-refractivity contribution >= 4 is 17.4 Å². The van der Waals surface area contributed by atoms with Gasteiger partial charge in [-0.05, 0) is 37.0 Å². The second kappa shape index (κ2) is 9.04. The molecule has 0 spiro atoms. The van der Waals surface area contributed by atoms with Crippen molar-refractivity contribution in [2.45, 2.75) is 26.7 Å². The minimum Gasteiger partial charge on any atom is -0.397 e. The van der Waals surface area contributed by atoms with Crippen molar-refractivity contribution in [3.63, 3.8) is 0 Å². The maximum Gasteiger partial charge on any atom is 0.227 e. The second-order valence-electron chi connectivity index (χ2n) is 6.59. The van der Waals surface area contributed by atoms with Crippen LogP contribution in [0.15, 0.2) is 60.5 Å². The van der Waals surface area contributed by atoms with Crippen molar-refractivity contribution in [1.82, 2.24) is 10.2 Å². The number of nitrogens with two attached hydrogens (primary N) is 1. The number of amides is 2. The molecule has 0 aromatic heterocycles. The van der Waals surface area contributed by atoms with Crippen LogP contribution in [0.2, 0.25) is 0 Å². The number of nitrogens with one attached hydrogen (secondary N) is 1. The molecule has 0 bridgehead atoms. The van der Waals surface area contributed by atoms with E-state index in [4.69, 9.17) is 5.73 Å². The van der Waals surface area contributed by atoms with Crippen molar-refractivity contribution < 1.29 is 9.59 Å². The molecule has 2 amide bonds. The number of carbonyl (C=O) groups excluding carboxylic acids is 2. The van der Waals surface area contributed by atoms with Gasteiger partial charge in [-0.2, -0.15) is 0 Å². The van der Waals surface area contributed by atoms with Gasteiger partial charge in [0.1, 0.15) is 0 Å². The third kappa shape index (κ3) is 5.34. The van der Waals surface area contributed by atoms with Gasteiger partial charge in [-0.3, -0.25) is 9.59 Å². The van der Waals surface area contributed by atoms with Gasteiger partial charge in [-0.25, -0.2) is 0 Å². The van der Waals surface area contributed by atoms with Gasteiger partial charge in [0.25, 0.3) is 0 Å². The normalized spacial score (nSPS) is 16.3. The fourth-order valence-electron chi connectivity index (χ4n) is 2.89. The van der Waals surface area contributed by atoms with Gasteiger partial charge in [0.2, 0.25) is 11.8 Å². The molecule has 1 fully saturated rings. The SMILES string of the molecule is C=C(NC(=O)C1CCN(C(C)=O)CC1)/C(N)=C\C=C(/C)c1ccccc1. The maximum absolute atomic E-state index is 12.4. The lowest BCUT2D eigenvalue weighted by Crippen LogP contribution is -2.42. The fraction of sp³-hybridized carbons (Fsp3) is 0.333. The van der Waals surface area contributed by atoms with E-state index in [0.29, 0.717) is 37.3 Å². The maximum atomic E-state index is 12.4. The van der Waals surface area contributed by atoms with Crippen molar-refractivity contribution in [3.05, 3.63) is 66.0 Å². The summed E-state index contributed by atoms with van der Waals surface area (Å²) in [7, 11) is 0. The summed E-state index contributed by atoms with van der Waals surface area (Å²) in [5.74, 6) is -0.143. The van der Waals surface area contributed by atoms with Crippen LogP contribution >= 0.6 is 0 Å². The lowest BCUT2D eigenvalue weighted by molar-refractivity contribution is -0.133. The van der Waals surface area contributed by atoms with E-state index in [1.54, 1.807) is 17.9 Å². The summed E-state index contributed by atoms with van der Waals surface area (Å²) in [4.78, 5) is 25.5. The molecule has 0 aliphatic carbocycles. The monoisotopic (exact) mass is 353 g/mol. The largest absolute Gasteiger partial charge is 0.397 e. The number of piperidine rings is 1. The van der Waals surface area contributed by atoms with E-state index in [2.05, 4.69) is 11.9 Å². The molecule has 1 saturated heterocycles. The Morgan fingerprint density at radius 2 is 1.77 bits per heavy atom. The van der Waals surface area contributed by atoms with Gasteiger partial charge in [0, 0.05) is 25.9 Å². The number of likely N-dealkylation sites (tertiary alicyclic amines) is 1. The van der Waals surface area contributed by atoms with Crippen molar-refractivity contribution in [3.8, 4) is 0 Å². The summed E-state index contributed by atoms with van der Waals surface area (Å²) < 4.78 is 0. The average molecular weight is 353 g/mol. The van der Waals surface area contributed by atoms with Crippen LogP contribution in [-0.4, -0.2) is 29.8 Å². The summed E-state index contributed by atoms with van der Waals surface area (Å²) in [6, 6.07) is 9.99. The first kappa shape index (κ1) is 19.5. The number of carbonyl (C=O) groups is 2. The van der Waals surface area contributed by atoms with E-state index in [1.807, 2.05) is 43.3 Å². The Kier molecular flexibility index (Phi) is 6.78. The Labute approximate surface area is 155 Å². The van der Waals surface area contributed by atoms with E-state index >= 15 is 0 Å². The van der Waals surface area contributed by atoms with Crippen LogP contribution in [0.25, 0.3) is 5.57 Å². The van der Waals surface area contributed by atoms with E-state index in [1.165, 1.54) is 0 Å². The van der Waals surface area contributed by atoms with Gasteiger partial charge in [-0.1, -0.05) is 43.0 Å². The first-order valence-electron chi connectivity index (χ1n) is 8.83. The predicted octanol–water partition coefficient (Wildman–Crippen LogP) is 2.82. The van der Waals surface area contributed by atoms with Crippen LogP contribution in [0.5, 0.6) is 0 Å². The van der Waals surface area contributed by atoms with Crippen molar-refractivity contribution in [2.24, 2.45) is 11.7 Å². The summed E-state index contributed by atoms with van der Waals surface area (Å²) in [5.41, 5.74) is 9.05. The molecule has 26 heavy (non-hydrogen) atoms. The summed E-state index contributed by atoms with van der Waals surface area (Å²) in [5, 5.41) is 2.80. The van der Waals surface area contributed by atoms with E-state index in [9.17, 15) is 9.59 Å². The minimum atomic E-state index is -0.114. The lowest BCUT2D eigenvalue weighted by Gasteiger charge is -2.30. The molecule has 1 heterocycles. The smallest absolute Gasteiger partial charge is 0.227 e. The van der Waals surface area contributed by atoms with Gasteiger partial charge in [0.05, 0.1) is 11.4 Å². The highest BCUT2D eigenvalue weighted by Gasteiger charge is 2.26. The Morgan fingerprint density at radius 3 is 2.35 bits per heavy atom. The Balaban J connectivity index is 1.90. The quantitative estimate of drug-likeness (QED) is 0.799. The van der Waals surface area contributed by atoms with Crippen LogP contribution in [0.3, 0.4) is 0 Å². The molecule has 138 valence electrons.